The summed E-state index contributed by atoms with van der Waals surface area (Å²) >= 11 is 0. The summed E-state index contributed by atoms with van der Waals surface area (Å²) in [6.07, 6.45) is -0.371. The zero-order valence-electron chi connectivity index (χ0n) is 11.4. The summed E-state index contributed by atoms with van der Waals surface area (Å²) in [7, 11) is 0. The van der Waals surface area contributed by atoms with Gasteiger partial charge in [-0.25, -0.2) is 0 Å². The number of carboxylic acids is 1. The Morgan fingerprint density at radius 1 is 1.32 bits per heavy atom. The largest absolute Gasteiger partial charge is 0.494 e. The first-order chi connectivity index (χ1) is 8.86. The highest BCUT2D eigenvalue weighted by Crippen LogP contribution is 2.24. The fourth-order valence-electron chi connectivity index (χ4n) is 1.85. The number of rotatable bonds is 6. The van der Waals surface area contributed by atoms with Crippen molar-refractivity contribution in [2.75, 3.05) is 6.61 Å². The number of aliphatic carboxylic acids is 1. The summed E-state index contributed by atoms with van der Waals surface area (Å²) in [5, 5.41) is 8.67. The van der Waals surface area contributed by atoms with Crippen molar-refractivity contribution in [3.8, 4) is 5.75 Å². The Morgan fingerprint density at radius 2 is 1.95 bits per heavy atom. The van der Waals surface area contributed by atoms with Crippen LogP contribution in [0.3, 0.4) is 0 Å². The summed E-state index contributed by atoms with van der Waals surface area (Å²) < 4.78 is 5.44. The third kappa shape index (κ3) is 3.79. The first kappa shape index (κ1) is 15.2. The molecule has 1 aromatic rings. The number of carbonyl (C=O) groups excluding carboxylic acids is 1. The minimum absolute atomic E-state index is 0.356. The maximum Gasteiger partial charge on any atom is 0.305 e. The zero-order valence-corrected chi connectivity index (χ0v) is 11.4. The molecular weight excluding hydrogens is 246 g/mol. The molecule has 1 atom stereocenters. The molecule has 19 heavy (non-hydrogen) atoms. The van der Waals surface area contributed by atoms with Crippen molar-refractivity contribution < 1.29 is 19.4 Å². The molecule has 1 aromatic carbocycles. The quantitative estimate of drug-likeness (QED) is 0.764. The number of benzene rings is 1. The molecule has 5 heteroatoms. The Labute approximate surface area is 112 Å². The average molecular weight is 265 g/mol. The van der Waals surface area contributed by atoms with Crippen LogP contribution in [0.2, 0.25) is 0 Å². The summed E-state index contributed by atoms with van der Waals surface area (Å²) in [5.41, 5.74) is 7.63. The lowest BCUT2D eigenvalue weighted by Gasteiger charge is -2.14. The van der Waals surface area contributed by atoms with E-state index in [4.69, 9.17) is 15.6 Å². The molecule has 0 saturated carbocycles. The number of carbonyl (C=O) groups is 2. The SMILES string of the molecule is CCOc1cc(C)c(C(=O)C(N)CC(=O)O)cc1C. The van der Waals surface area contributed by atoms with Gasteiger partial charge >= 0.3 is 5.97 Å². The molecule has 0 radical (unpaired) electrons. The fraction of sp³-hybridized carbons (Fsp3) is 0.429. The molecule has 0 aliphatic heterocycles. The molecule has 1 unspecified atom stereocenters. The minimum Gasteiger partial charge on any atom is -0.494 e. The van der Waals surface area contributed by atoms with Crippen molar-refractivity contribution in [2.45, 2.75) is 33.2 Å². The number of ether oxygens (including phenoxy) is 1. The molecule has 0 fully saturated rings. The van der Waals surface area contributed by atoms with Crippen LogP contribution in [0.1, 0.15) is 34.8 Å². The Balaban J connectivity index is 3.04. The van der Waals surface area contributed by atoms with Gasteiger partial charge in [0.15, 0.2) is 5.78 Å². The normalized spacial score (nSPS) is 12.0. The van der Waals surface area contributed by atoms with Crippen molar-refractivity contribution >= 4 is 11.8 Å². The van der Waals surface area contributed by atoms with E-state index in [9.17, 15) is 9.59 Å². The van der Waals surface area contributed by atoms with E-state index < -0.39 is 12.0 Å². The van der Waals surface area contributed by atoms with Crippen molar-refractivity contribution in [2.24, 2.45) is 5.73 Å². The fourth-order valence-corrected chi connectivity index (χ4v) is 1.85. The molecule has 0 aromatic heterocycles. The number of hydrogen-bond donors (Lipinski definition) is 2. The van der Waals surface area contributed by atoms with Crippen molar-refractivity contribution in [3.05, 3.63) is 28.8 Å². The van der Waals surface area contributed by atoms with Gasteiger partial charge in [0.1, 0.15) is 5.75 Å². The monoisotopic (exact) mass is 265 g/mol. The van der Waals surface area contributed by atoms with Gasteiger partial charge in [0.05, 0.1) is 19.1 Å². The van der Waals surface area contributed by atoms with Crippen LogP contribution in [-0.2, 0) is 4.79 Å². The van der Waals surface area contributed by atoms with Crippen LogP contribution in [0.15, 0.2) is 12.1 Å². The topological polar surface area (TPSA) is 89.6 Å². The van der Waals surface area contributed by atoms with E-state index in [1.165, 1.54) is 0 Å². The molecule has 0 heterocycles. The number of ketones is 1. The average Bonchev–Trinajstić information content (AvgIpc) is 2.32. The van der Waals surface area contributed by atoms with E-state index >= 15 is 0 Å². The Kier molecular flexibility index (Phi) is 5.06. The smallest absolute Gasteiger partial charge is 0.305 e. The number of nitrogens with two attached hydrogens (primary N) is 1. The highest BCUT2D eigenvalue weighted by atomic mass is 16.5. The predicted octanol–water partition coefficient (Wildman–Crippen LogP) is 1.69. The van der Waals surface area contributed by atoms with Crippen molar-refractivity contribution in [3.63, 3.8) is 0 Å². The number of aryl methyl sites for hydroxylation is 2. The maximum atomic E-state index is 12.1. The van der Waals surface area contributed by atoms with Crippen LogP contribution < -0.4 is 10.5 Å². The number of Topliss-reactive ketones (excluding diaryl/α,β-unsaturated/α-hetero) is 1. The summed E-state index contributed by atoms with van der Waals surface area (Å²) in [6, 6.07) is 2.46. The van der Waals surface area contributed by atoms with E-state index in [1.54, 1.807) is 19.1 Å². The van der Waals surface area contributed by atoms with Gasteiger partial charge < -0.3 is 15.6 Å². The Bertz CT molecular complexity index is 496. The van der Waals surface area contributed by atoms with Gasteiger partial charge in [-0.2, -0.15) is 0 Å². The van der Waals surface area contributed by atoms with Gasteiger partial charge in [-0.05, 0) is 44.0 Å². The number of hydrogen-bond acceptors (Lipinski definition) is 4. The van der Waals surface area contributed by atoms with Gasteiger partial charge in [-0.3, -0.25) is 9.59 Å². The molecule has 0 spiro atoms. The van der Waals surface area contributed by atoms with E-state index in [-0.39, 0.29) is 12.2 Å². The minimum atomic E-state index is -1.08. The lowest BCUT2D eigenvalue weighted by molar-refractivity contribution is -0.137. The number of carboxylic acid groups (broad SMARTS) is 1. The molecule has 1 rings (SSSR count). The van der Waals surface area contributed by atoms with Gasteiger partial charge in [-0.1, -0.05) is 0 Å². The third-order valence-corrected chi connectivity index (χ3v) is 2.82. The standard InChI is InChI=1S/C14H19NO4/c1-4-19-12-6-8(2)10(5-9(12)3)14(18)11(15)7-13(16)17/h5-6,11H,4,7,15H2,1-3H3,(H,16,17). The summed E-state index contributed by atoms with van der Waals surface area (Å²) in [4.78, 5) is 22.7. The van der Waals surface area contributed by atoms with Gasteiger partial charge in [0.2, 0.25) is 0 Å². The highest BCUT2D eigenvalue weighted by Gasteiger charge is 2.21. The first-order valence-electron chi connectivity index (χ1n) is 6.12. The zero-order chi connectivity index (χ0) is 14.6. The maximum absolute atomic E-state index is 12.1. The second-order valence-electron chi connectivity index (χ2n) is 4.43. The van der Waals surface area contributed by atoms with Crippen LogP contribution in [0, 0.1) is 13.8 Å². The lowest BCUT2D eigenvalue weighted by atomic mass is 9.96. The first-order valence-corrected chi connectivity index (χ1v) is 6.12. The molecule has 0 amide bonds. The van der Waals surface area contributed by atoms with Crippen molar-refractivity contribution in [1.29, 1.82) is 0 Å². The summed E-state index contributed by atoms with van der Waals surface area (Å²) in [5.74, 6) is -0.712. The summed E-state index contributed by atoms with van der Waals surface area (Å²) in [6.45, 7) is 6.05. The van der Waals surface area contributed by atoms with E-state index in [2.05, 4.69) is 0 Å². The van der Waals surface area contributed by atoms with Crippen LogP contribution >= 0.6 is 0 Å². The molecule has 0 aliphatic carbocycles. The lowest BCUT2D eigenvalue weighted by Crippen LogP contribution is -2.33. The van der Waals surface area contributed by atoms with E-state index in [1.807, 2.05) is 13.8 Å². The predicted molar refractivity (Wildman–Crippen MR) is 71.6 cm³/mol. The Morgan fingerprint density at radius 3 is 2.47 bits per heavy atom. The molecular formula is C14H19NO4. The molecule has 5 nitrogen and oxygen atoms in total. The van der Waals surface area contributed by atoms with Crippen LogP contribution in [0.25, 0.3) is 0 Å². The van der Waals surface area contributed by atoms with Crippen LogP contribution in [0.5, 0.6) is 5.75 Å². The van der Waals surface area contributed by atoms with E-state index in [0.717, 1.165) is 16.9 Å². The van der Waals surface area contributed by atoms with Crippen LogP contribution in [-0.4, -0.2) is 29.5 Å². The van der Waals surface area contributed by atoms with Gasteiger partial charge in [0, 0.05) is 5.56 Å². The molecule has 0 aliphatic rings. The van der Waals surface area contributed by atoms with Crippen LogP contribution in [0.4, 0.5) is 0 Å². The molecule has 3 N–H and O–H groups in total. The highest BCUT2D eigenvalue weighted by molar-refractivity contribution is 6.03. The molecule has 104 valence electrons. The van der Waals surface area contributed by atoms with Gasteiger partial charge in [0.25, 0.3) is 0 Å². The second-order valence-corrected chi connectivity index (χ2v) is 4.43. The molecule has 0 bridgehead atoms. The van der Waals surface area contributed by atoms with Gasteiger partial charge in [-0.15, -0.1) is 0 Å². The Hall–Kier alpha value is -1.88. The second kappa shape index (κ2) is 6.33. The van der Waals surface area contributed by atoms with Crippen molar-refractivity contribution in [1.82, 2.24) is 0 Å². The molecule has 0 saturated heterocycles. The van der Waals surface area contributed by atoms with E-state index in [0.29, 0.717) is 12.2 Å². The third-order valence-electron chi connectivity index (χ3n) is 2.82.